The fourth-order valence-corrected chi connectivity index (χ4v) is 11.5. The Morgan fingerprint density at radius 3 is 1.86 bits per heavy atom. The van der Waals surface area contributed by atoms with Crippen LogP contribution in [0.15, 0.2) is 109 Å². The molecule has 366 valence electrons. The van der Waals surface area contributed by atoms with Crippen LogP contribution in [0, 0.1) is 13.8 Å². The first-order chi connectivity index (χ1) is 33.9. The molecule has 2 saturated heterocycles. The zero-order valence-corrected chi connectivity index (χ0v) is 42.8. The summed E-state index contributed by atoms with van der Waals surface area (Å²) in [5, 5.41) is 21.7. The van der Waals surface area contributed by atoms with Crippen molar-refractivity contribution in [1.82, 2.24) is 25.8 Å². The van der Waals surface area contributed by atoms with E-state index in [9.17, 15) is 14.7 Å². The number of benzene rings is 5. The number of thiophene rings is 1. The van der Waals surface area contributed by atoms with Gasteiger partial charge in [0.15, 0.2) is 0 Å². The number of carbonyl (C=O) groups excluding carboxylic acids is 2. The van der Waals surface area contributed by atoms with Gasteiger partial charge in [-0.3, -0.25) is 9.59 Å². The van der Waals surface area contributed by atoms with Crippen LogP contribution in [0.5, 0.6) is 0 Å². The van der Waals surface area contributed by atoms with E-state index in [1.54, 1.807) is 0 Å². The van der Waals surface area contributed by atoms with Gasteiger partial charge in [-0.15, -0.1) is 11.3 Å². The molecular weight excluding hydrogens is 887 g/mol. The van der Waals surface area contributed by atoms with Crippen molar-refractivity contribution < 1.29 is 14.7 Å². The molecule has 1 saturated carbocycles. The number of likely N-dealkylation sites (N-methyl/N-ethyl adjacent to an activating group) is 2. The third kappa shape index (κ3) is 11.2. The van der Waals surface area contributed by atoms with Crippen LogP contribution in [0.4, 0.5) is 11.4 Å². The highest BCUT2D eigenvalue weighted by molar-refractivity contribution is 7.15. The van der Waals surface area contributed by atoms with Crippen LogP contribution >= 0.6 is 11.3 Å². The Kier molecular flexibility index (Phi) is 15.5. The van der Waals surface area contributed by atoms with Crippen molar-refractivity contribution in [2.75, 3.05) is 76.3 Å². The maximum Gasteiger partial charge on any atom is 0.252 e. The van der Waals surface area contributed by atoms with Crippen molar-refractivity contribution in [2.24, 2.45) is 0 Å². The van der Waals surface area contributed by atoms with E-state index in [0.29, 0.717) is 17.2 Å². The smallest absolute Gasteiger partial charge is 0.252 e. The number of amides is 2. The number of nitrogens with one attached hydrogen (secondary N) is 3. The van der Waals surface area contributed by atoms with Crippen LogP contribution in [0.2, 0.25) is 0 Å². The Morgan fingerprint density at radius 2 is 1.20 bits per heavy atom. The van der Waals surface area contributed by atoms with Crippen LogP contribution in [0.3, 0.4) is 0 Å². The molecule has 11 heteroatoms. The Balaban J connectivity index is 0.968. The first-order valence-corrected chi connectivity index (χ1v) is 26.2. The lowest BCUT2D eigenvalue weighted by atomic mass is 9.87. The molecule has 4 N–H and O–H groups in total. The number of carbonyl (C=O) groups is 2. The molecule has 70 heavy (non-hydrogen) atoms. The van der Waals surface area contributed by atoms with Gasteiger partial charge in [0.1, 0.15) is 0 Å². The van der Waals surface area contributed by atoms with Crippen molar-refractivity contribution in [2.45, 2.75) is 84.7 Å². The number of rotatable bonds is 15. The van der Waals surface area contributed by atoms with Crippen LogP contribution < -0.4 is 25.8 Å². The van der Waals surface area contributed by atoms with Gasteiger partial charge in [0, 0.05) is 97.2 Å². The fraction of sp³-hybridized carbons (Fsp3) is 0.390. The number of piperazine rings is 2. The molecule has 2 amide bonds. The average Bonchev–Trinajstić information content (AvgIpc) is 4.09. The molecule has 9 rings (SSSR count). The second-order valence-corrected chi connectivity index (χ2v) is 21.2. The van der Waals surface area contributed by atoms with E-state index >= 15 is 0 Å². The highest BCUT2D eigenvalue weighted by Gasteiger charge is 2.25. The van der Waals surface area contributed by atoms with Gasteiger partial charge in [-0.1, -0.05) is 73.5 Å². The molecule has 0 spiro atoms. The lowest BCUT2D eigenvalue weighted by Gasteiger charge is -2.35. The van der Waals surface area contributed by atoms with Gasteiger partial charge in [-0.25, -0.2) is 0 Å². The number of nitrogens with zero attached hydrogens (tertiary/aromatic N) is 4. The molecular formula is C59H71N7O3S. The number of aliphatic hydroxyl groups is 1. The zero-order valence-electron chi connectivity index (χ0n) is 42.0. The van der Waals surface area contributed by atoms with Crippen LogP contribution in [-0.2, 0) is 13.2 Å². The molecule has 3 aliphatic rings. The van der Waals surface area contributed by atoms with E-state index in [1.807, 2.05) is 62.4 Å². The van der Waals surface area contributed by atoms with Crippen molar-refractivity contribution in [3.05, 3.63) is 153 Å². The summed E-state index contributed by atoms with van der Waals surface area (Å²) in [6, 6.07) is 38.0. The summed E-state index contributed by atoms with van der Waals surface area (Å²) in [7, 11) is 4.30. The summed E-state index contributed by atoms with van der Waals surface area (Å²) in [6.07, 6.45) is 5.19. The summed E-state index contributed by atoms with van der Waals surface area (Å²) in [5.74, 6) is -0.229. The molecule has 0 unspecified atom stereocenters. The molecule has 3 heterocycles. The molecule has 0 bridgehead atoms. The Hall–Kier alpha value is -5.82. The van der Waals surface area contributed by atoms with Crippen LogP contribution in [-0.4, -0.2) is 99.2 Å². The lowest BCUT2D eigenvalue weighted by Crippen LogP contribution is -2.44. The largest absolute Gasteiger partial charge is 0.392 e. The van der Waals surface area contributed by atoms with E-state index in [-0.39, 0.29) is 30.5 Å². The molecule has 10 nitrogen and oxygen atoms in total. The zero-order chi connectivity index (χ0) is 48.9. The molecule has 3 fully saturated rings. The lowest BCUT2D eigenvalue weighted by molar-refractivity contribution is 0.0931. The second-order valence-electron chi connectivity index (χ2n) is 20.0. The molecule has 5 aromatic carbocycles. The molecule has 2 aliphatic heterocycles. The second kappa shape index (κ2) is 22.1. The maximum absolute atomic E-state index is 14.7. The number of hydrogen-bond acceptors (Lipinski definition) is 9. The van der Waals surface area contributed by atoms with E-state index < -0.39 is 0 Å². The topological polar surface area (TPSA) is 103 Å². The predicted molar refractivity (Wildman–Crippen MR) is 289 cm³/mol. The summed E-state index contributed by atoms with van der Waals surface area (Å²) in [4.78, 5) is 40.5. The summed E-state index contributed by atoms with van der Waals surface area (Å²) >= 11 is 1.83. The van der Waals surface area contributed by atoms with Crippen molar-refractivity contribution in [1.29, 1.82) is 0 Å². The molecule has 1 aliphatic carbocycles. The van der Waals surface area contributed by atoms with Gasteiger partial charge in [0.25, 0.3) is 11.8 Å². The Morgan fingerprint density at radius 1 is 0.629 bits per heavy atom. The molecule has 6 aromatic rings. The third-order valence-corrected chi connectivity index (χ3v) is 16.2. The Labute approximate surface area is 419 Å². The van der Waals surface area contributed by atoms with Crippen molar-refractivity contribution in [3.8, 4) is 32.7 Å². The third-order valence-electron chi connectivity index (χ3n) is 15.1. The molecule has 1 aromatic heterocycles. The van der Waals surface area contributed by atoms with Gasteiger partial charge in [-0.05, 0) is 159 Å². The van der Waals surface area contributed by atoms with Gasteiger partial charge in [-0.2, -0.15) is 0 Å². The van der Waals surface area contributed by atoms with E-state index in [2.05, 4.69) is 135 Å². The molecule has 0 radical (unpaired) electrons. The minimum absolute atomic E-state index is 0.0996. The first kappa shape index (κ1) is 49.2. The van der Waals surface area contributed by atoms with Crippen molar-refractivity contribution in [3.63, 3.8) is 0 Å². The normalized spacial score (nSPS) is 16.9. The minimum atomic E-state index is -0.273. The number of aliphatic hydroxyl groups excluding tert-OH is 1. The quantitative estimate of drug-likeness (QED) is 0.0807. The predicted octanol–water partition coefficient (Wildman–Crippen LogP) is 10.4. The highest BCUT2D eigenvalue weighted by Crippen LogP contribution is 2.39. The van der Waals surface area contributed by atoms with E-state index in [4.69, 9.17) is 0 Å². The van der Waals surface area contributed by atoms with Crippen LogP contribution in [0.25, 0.3) is 32.7 Å². The van der Waals surface area contributed by atoms with E-state index in [1.165, 1.54) is 35.4 Å². The summed E-state index contributed by atoms with van der Waals surface area (Å²) in [6.45, 7) is 16.2. The highest BCUT2D eigenvalue weighted by atomic mass is 32.1. The van der Waals surface area contributed by atoms with Gasteiger partial charge >= 0.3 is 0 Å². The van der Waals surface area contributed by atoms with Gasteiger partial charge < -0.3 is 40.7 Å². The van der Waals surface area contributed by atoms with Crippen LogP contribution in [0.1, 0.15) is 105 Å². The maximum atomic E-state index is 14.7. The molecule has 2 atom stereocenters. The minimum Gasteiger partial charge on any atom is -0.392 e. The summed E-state index contributed by atoms with van der Waals surface area (Å²) < 4.78 is 0. The number of hydrogen-bond donors (Lipinski definition) is 4. The SMILES string of the molecule is Cc1ccc(N2CCN(C)CC2)cc1C(=O)N[C@H](C)c1cccc(-c2cccc(-c3cc(N4CCN(C)CC4)cc(C(=O)N[C@H](C)c4cccc(-c5ccc(CNC6CCCC6)s5)c4)c3C)c2CO)c1. The monoisotopic (exact) mass is 958 g/mol. The number of aryl methyl sites for hydroxylation is 1. The standard InChI is InChI=1S/C59H71N7O3S/c1-39-20-21-48(65-28-24-63(5)25-29-65)34-53(39)58(68)61-41(3)43-12-9-14-45(32-43)51-18-11-19-52(56(51)38-67)54-35-49(66-30-26-64(6)27-31-66)36-55(40(54)2)59(69)62-42(4)44-13-10-15-46(33-44)57-23-22-50(70-57)37-60-47-16-7-8-17-47/h9-15,18-23,32-36,41-42,47,60,67H,7-8,16-17,24-31,37-38H2,1-6H3,(H,61,68)(H,62,69)/t41-,42-/m1/s1. The first-order valence-electron chi connectivity index (χ1n) is 25.4. The Bertz CT molecular complexity index is 2800. The van der Waals surface area contributed by atoms with E-state index in [0.717, 1.165) is 126 Å². The summed E-state index contributed by atoms with van der Waals surface area (Å²) in [5.41, 5.74) is 12.8. The van der Waals surface area contributed by atoms with Gasteiger partial charge in [0.05, 0.1) is 18.7 Å². The van der Waals surface area contributed by atoms with Crippen molar-refractivity contribution >= 4 is 34.5 Å². The average molecular weight is 958 g/mol. The number of anilines is 2. The van der Waals surface area contributed by atoms with Gasteiger partial charge in [0.2, 0.25) is 0 Å². The fourth-order valence-electron chi connectivity index (χ4n) is 10.5.